The predicted octanol–water partition coefficient (Wildman–Crippen LogP) is 4.56. The van der Waals surface area contributed by atoms with Crippen LogP contribution in [0.1, 0.15) is 31.4 Å². The largest absolute Gasteiger partial charge is 0.358 e. The van der Waals surface area contributed by atoms with Crippen LogP contribution in [-0.2, 0) is 12.2 Å². The summed E-state index contributed by atoms with van der Waals surface area (Å²) in [7, 11) is 0. The van der Waals surface area contributed by atoms with E-state index in [1.807, 2.05) is 43.0 Å². The Morgan fingerprint density at radius 2 is 2.14 bits per heavy atom. The molecule has 1 aliphatic heterocycles. The smallest absolute Gasteiger partial charge is 0.205 e. The summed E-state index contributed by atoms with van der Waals surface area (Å²) in [6, 6.07) is 10.1. The van der Waals surface area contributed by atoms with Crippen molar-refractivity contribution in [1.29, 1.82) is 0 Å². The van der Waals surface area contributed by atoms with Crippen LogP contribution in [0.25, 0.3) is 10.9 Å². The number of rotatable bonds is 2. The molecule has 1 aromatic carbocycles. The number of hydrogen-bond acceptors (Lipinski definition) is 3. The van der Waals surface area contributed by atoms with E-state index in [0.29, 0.717) is 0 Å². The van der Waals surface area contributed by atoms with Crippen molar-refractivity contribution in [2.75, 3.05) is 5.75 Å². The molecule has 0 aliphatic carbocycles. The van der Waals surface area contributed by atoms with Crippen molar-refractivity contribution in [2.45, 2.75) is 19.1 Å². The number of aromatic amines is 1. The molecular formula is C17H15NOS2. The van der Waals surface area contributed by atoms with Crippen molar-refractivity contribution in [3.63, 3.8) is 0 Å². The molecule has 3 aromatic rings. The summed E-state index contributed by atoms with van der Waals surface area (Å²) in [5, 5.41) is 1.03. The van der Waals surface area contributed by atoms with Crippen LogP contribution >= 0.6 is 23.1 Å². The monoisotopic (exact) mass is 313 g/mol. The van der Waals surface area contributed by atoms with E-state index in [9.17, 15) is 4.79 Å². The molecule has 0 saturated carbocycles. The van der Waals surface area contributed by atoms with Crippen LogP contribution in [0.4, 0.5) is 0 Å². The van der Waals surface area contributed by atoms with Crippen molar-refractivity contribution in [2.24, 2.45) is 0 Å². The van der Waals surface area contributed by atoms with Crippen LogP contribution in [0.15, 0.2) is 30.3 Å². The number of H-pyrrole nitrogens is 1. The fourth-order valence-electron chi connectivity index (χ4n) is 2.95. The van der Waals surface area contributed by atoms with Gasteiger partial charge in [-0.2, -0.15) is 11.8 Å². The SMILES string of the molecule is Cc1[nH]c2ccccc2c1C(=O)c1cc2c(s1)CCSC2. The van der Waals surface area contributed by atoms with Gasteiger partial charge in [-0.25, -0.2) is 0 Å². The number of para-hydroxylation sites is 1. The molecule has 0 amide bonds. The Balaban J connectivity index is 1.83. The van der Waals surface area contributed by atoms with Gasteiger partial charge in [0.25, 0.3) is 0 Å². The highest BCUT2D eigenvalue weighted by Gasteiger charge is 2.22. The first-order chi connectivity index (χ1) is 10.2. The minimum atomic E-state index is 0.161. The van der Waals surface area contributed by atoms with Crippen LogP contribution in [-0.4, -0.2) is 16.5 Å². The fraction of sp³-hybridized carbons (Fsp3) is 0.235. The number of ketones is 1. The number of carbonyl (C=O) groups excluding carboxylic acids is 1. The molecule has 4 rings (SSSR count). The summed E-state index contributed by atoms with van der Waals surface area (Å²) >= 11 is 3.64. The second-order valence-corrected chi connectivity index (χ2v) is 7.60. The maximum Gasteiger partial charge on any atom is 0.205 e. The number of aryl methyl sites for hydroxylation is 2. The number of thiophene rings is 1. The van der Waals surface area contributed by atoms with Gasteiger partial charge in [-0.05, 0) is 36.8 Å². The number of thioether (sulfide) groups is 1. The van der Waals surface area contributed by atoms with Gasteiger partial charge < -0.3 is 4.98 Å². The minimum absolute atomic E-state index is 0.161. The molecule has 2 nitrogen and oxygen atoms in total. The first kappa shape index (κ1) is 13.2. The number of nitrogens with one attached hydrogen (secondary N) is 1. The maximum absolute atomic E-state index is 12.9. The quantitative estimate of drug-likeness (QED) is 0.704. The summed E-state index contributed by atoms with van der Waals surface area (Å²) in [5.41, 5.74) is 4.19. The first-order valence-electron chi connectivity index (χ1n) is 7.05. The molecular weight excluding hydrogens is 298 g/mol. The molecule has 3 heterocycles. The first-order valence-corrected chi connectivity index (χ1v) is 9.02. The standard InChI is InChI=1S/C17H15NOS2/c1-10-16(12-4-2-3-5-13(12)18-10)17(19)15-8-11-9-20-7-6-14(11)21-15/h2-5,8,18H,6-7,9H2,1H3. The van der Waals surface area contributed by atoms with Gasteiger partial charge in [0.2, 0.25) is 5.78 Å². The molecule has 0 atom stereocenters. The third-order valence-electron chi connectivity index (χ3n) is 3.97. The molecule has 0 bridgehead atoms. The summed E-state index contributed by atoms with van der Waals surface area (Å²) < 4.78 is 0. The van der Waals surface area contributed by atoms with Crippen LogP contribution in [0.2, 0.25) is 0 Å². The summed E-state index contributed by atoms with van der Waals surface area (Å²) in [5.74, 6) is 2.38. The Bertz CT molecular complexity index is 820. The van der Waals surface area contributed by atoms with E-state index in [-0.39, 0.29) is 5.78 Å². The molecule has 0 fully saturated rings. The van der Waals surface area contributed by atoms with Crippen LogP contribution in [0.3, 0.4) is 0 Å². The topological polar surface area (TPSA) is 32.9 Å². The molecule has 0 radical (unpaired) electrons. The van der Waals surface area contributed by atoms with E-state index in [4.69, 9.17) is 0 Å². The highest BCUT2D eigenvalue weighted by atomic mass is 32.2. The van der Waals surface area contributed by atoms with Crippen LogP contribution in [0, 0.1) is 6.92 Å². The lowest BCUT2D eigenvalue weighted by Gasteiger charge is -2.08. The fourth-order valence-corrected chi connectivity index (χ4v) is 5.27. The lowest BCUT2D eigenvalue weighted by Crippen LogP contribution is -1.99. The summed E-state index contributed by atoms with van der Waals surface area (Å²) in [6.07, 6.45) is 1.10. The average molecular weight is 313 g/mol. The molecule has 2 aromatic heterocycles. The lowest BCUT2D eigenvalue weighted by atomic mass is 10.1. The molecule has 0 spiro atoms. The van der Waals surface area contributed by atoms with Crippen molar-refractivity contribution in [3.05, 3.63) is 56.9 Å². The average Bonchev–Trinajstić information content (AvgIpc) is 3.06. The highest BCUT2D eigenvalue weighted by molar-refractivity contribution is 7.98. The summed E-state index contributed by atoms with van der Waals surface area (Å²) in [4.78, 5) is 18.5. The number of benzene rings is 1. The van der Waals surface area contributed by atoms with Gasteiger partial charge in [0, 0.05) is 27.2 Å². The second kappa shape index (κ2) is 5.04. The number of hydrogen-bond donors (Lipinski definition) is 1. The van der Waals surface area contributed by atoms with Crippen molar-refractivity contribution < 1.29 is 4.79 Å². The highest BCUT2D eigenvalue weighted by Crippen LogP contribution is 2.34. The minimum Gasteiger partial charge on any atom is -0.358 e. The van der Waals surface area contributed by atoms with Gasteiger partial charge in [-0.3, -0.25) is 4.79 Å². The zero-order valence-electron chi connectivity index (χ0n) is 11.7. The van der Waals surface area contributed by atoms with Crippen molar-refractivity contribution >= 4 is 39.8 Å². The van der Waals surface area contributed by atoms with Gasteiger partial charge in [-0.15, -0.1) is 11.3 Å². The zero-order valence-corrected chi connectivity index (χ0v) is 13.4. The molecule has 21 heavy (non-hydrogen) atoms. The van der Waals surface area contributed by atoms with Crippen LogP contribution < -0.4 is 0 Å². The maximum atomic E-state index is 12.9. The Morgan fingerprint density at radius 3 is 3.00 bits per heavy atom. The van der Waals surface area contributed by atoms with Crippen molar-refractivity contribution in [3.8, 4) is 0 Å². The van der Waals surface area contributed by atoms with Gasteiger partial charge >= 0.3 is 0 Å². The Kier molecular flexibility index (Phi) is 3.16. The van der Waals surface area contributed by atoms with Crippen LogP contribution in [0.5, 0.6) is 0 Å². The molecule has 1 N–H and O–H groups in total. The van der Waals surface area contributed by atoms with E-state index in [1.54, 1.807) is 11.3 Å². The van der Waals surface area contributed by atoms with Crippen molar-refractivity contribution in [1.82, 2.24) is 4.98 Å². The van der Waals surface area contributed by atoms with Gasteiger partial charge in [-0.1, -0.05) is 18.2 Å². The third kappa shape index (κ3) is 2.14. The molecule has 106 valence electrons. The Morgan fingerprint density at radius 1 is 1.29 bits per heavy atom. The zero-order chi connectivity index (χ0) is 14.4. The lowest BCUT2D eigenvalue weighted by molar-refractivity contribution is 0.104. The second-order valence-electron chi connectivity index (χ2n) is 5.36. The number of aromatic nitrogens is 1. The van der Waals surface area contributed by atoms with E-state index in [1.165, 1.54) is 16.2 Å². The number of fused-ring (bicyclic) bond motifs is 2. The third-order valence-corrected chi connectivity index (χ3v) is 6.22. The van der Waals surface area contributed by atoms with E-state index in [2.05, 4.69) is 11.1 Å². The molecule has 0 saturated heterocycles. The predicted molar refractivity (Wildman–Crippen MR) is 90.7 cm³/mol. The Hall–Kier alpha value is -1.52. The molecule has 0 unspecified atom stereocenters. The van der Waals surface area contributed by atoms with E-state index in [0.717, 1.165) is 39.2 Å². The molecule has 1 aliphatic rings. The van der Waals surface area contributed by atoms with Gasteiger partial charge in [0.1, 0.15) is 0 Å². The molecule has 4 heteroatoms. The van der Waals surface area contributed by atoms with E-state index < -0.39 is 0 Å². The summed E-state index contributed by atoms with van der Waals surface area (Å²) in [6.45, 7) is 1.98. The van der Waals surface area contributed by atoms with E-state index >= 15 is 0 Å². The number of carbonyl (C=O) groups is 1. The van der Waals surface area contributed by atoms with Gasteiger partial charge in [0.15, 0.2) is 0 Å². The Labute approximate surface area is 131 Å². The van der Waals surface area contributed by atoms with Gasteiger partial charge in [0.05, 0.1) is 10.4 Å². The normalized spacial score (nSPS) is 14.3.